The van der Waals surface area contributed by atoms with Gasteiger partial charge in [0.1, 0.15) is 0 Å². The van der Waals surface area contributed by atoms with Gasteiger partial charge < -0.3 is 45.9 Å². The Morgan fingerprint density at radius 1 is 0.836 bits per heavy atom. The molecule has 3 heterocycles. The molecule has 8 rings (SSSR count). The summed E-state index contributed by atoms with van der Waals surface area (Å²) < 4.78 is 23.8. The predicted molar refractivity (Wildman–Crippen MR) is 236 cm³/mol. The van der Waals surface area contributed by atoms with Gasteiger partial charge in [0.15, 0.2) is 5.60 Å². The molecule has 0 aromatic heterocycles. The van der Waals surface area contributed by atoms with Gasteiger partial charge in [-0.2, -0.15) is 0 Å². The number of nitrogens with one attached hydrogen (secondary N) is 2. The largest absolute Gasteiger partial charge is 0.399 e. The summed E-state index contributed by atoms with van der Waals surface area (Å²) in [5.41, 5.74) is 15.6. The summed E-state index contributed by atoms with van der Waals surface area (Å²) in [7, 11) is -3.68. The van der Waals surface area contributed by atoms with Crippen LogP contribution in [0.25, 0.3) is 0 Å². The second-order valence-electron chi connectivity index (χ2n) is 16.8. The number of carbonyl (C=O) groups excluding carboxylic acids is 4. The van der Waals surface area contributed by atoms with E-state index in [9.17, 15) is 19.5 Å². The van der Waals surface area contributed by atoms with Crippen LogP contribution in [0.5, 0.6) is 0 Å². The fourth-order valence-corrected chi connectivity index (χ4v) is 11.9. The van der Waals surface area contributed by atoms with Gasteiger partial charge >= 0.3 is 0 Å². The molecule has 0 bridgehead atoms. The topological polar surface area (TPSA) is 180 Å². The quantitative estimate of drug-likeness (QED) is 0.0566. The van der Waals surface area contributed by atoms with Crippen molar-refractivity contribution in [2.75, 3.05) is 33.6 Å². The van der Waals surface area contributed by atoms with Crippen LogP contribution in [-0.4, -0.2) is 60.8 Å². The number of hydrogen-bond acceptors (Lipinski definition) is 8. The highest BCUT2D eigenvalue weighted by Gasteiger charge is 2.67. The molecule has 5 aromatic rings. The number of benzene rings is 5. The molecule has 0 saturated carbocycles. The smallest absolute Gasteiger partial charge is 0.264 e. The van der Waals surface area contributed by atoms with Gasteiger partial charge in [-0.15, -0.1) is 0 Å². The highest BCUT2D eigenvalue weighted by molar-refractivity contribution is 6.72. The second kappa shape index (κ2) is 16.3. The van der Waals surface area contributed by atoms with Crippen molar-refractivity contribution in [1.29, 1.82) is 0 Å². The lowest BCUT2D eigenvalue weighted by atomic mass is 9.82. The molecule has 3 aliphatic heterocycles. The number of aliphatic hydroxyl groups excluding tert-OH is 1. The standard InChI is InChI=1S/C47H49FN6O6Si/c1-28-43(61(2,3)48)41(24-42(56)53-26-33-9-5-4-8-32(33)22-38(53)27-55)60-47(28)39-23-37(52-45(58)31-13-17-35(50)18-14-31)19-20-40(39)54(46(47)59)25-29-7-6-10-36(21-29)51-44(57)30-11-15-34(49)16-12-30/h4-21,23,28,38,41,43,55H,22,24-27,49-50H2,1-3H3,(H,51,57)(H,52,58)/t28-,38+,41+,43-,47+/m1/s1. The molecular formula is C47H49FN6O6Si. The number of halogens is 1. The SMILES string of the molecule is C[C@@H]1[C@@H]([Si](C)(C)F)[C@H](CC(=O)N2Cc3ccccc3C[C@H]2CO)O[C@@]12C(=O)N(Cc1cccc(NC(=O)c3ccc(N)cc3)c1)c1ccc(NC(=O)c3ccc(N)cc3)cc12. The molecule has 61 heavy (non-hydrogen) atoms. The minimum absolute atomic E-state index is 0.0719. The second-order valence-corrected chi connectivity index (χ2v) is 20.6. The number of hydrogen-bond donors (Lipinski definition) is 5. The predicted octanol–water partition coefficient (Wildman–Crippen LogP) is 7.01. The van der Waals surface area contributed by atoms with E-state index < -0.39 is 49.4 Å². The Labute approximate surface area is 354 Å². The van der Waals surface area contributed by atoms with Gasteiger partial charge in [0, 0.05) is 57.4 Å². The molecule has 4 amide bonds. The molecule has 1 saturated heterocycles. The van der Waals surface area contributed by atoms with Gasteiger partial charge in [-0.05, 0) is 115 Å². The van der Waals surface area contributed by atoms with E-state index in [1.807, 2.05) is 37.3 Å². The number of aliphatic hydroxyl groups is 1. The normalized spacial score (nSPS) is 21.9. The number of nitrogens with two attached hydrogens (primary N) is 2. The van der Waals surface area contributed by atoms with E-state index in [0.717, 1.165) is 11.1 Å². The van der Waals surface area contributed by atoms with Crippen molar-refractivity contribution >= 4 is 60.5 Å². The third-order valence-corrected chi connectivity index (χ3v) is 14.8. The summed E-state index contributed by atoms with van der Waals surface area (Å²) in [6.45, 7) is 5.09. The van der Waals surface area contributed by atoms with E-state index in [1.54, 1.807) is 108 Å². The van der Waals surface area contributed by atoms with Crippen LogP contribution >= 0.6 is 0 Å². The molecule has 0 radical (unpaired) electrons. The number of amides is 4. The fourth-order valence-electron chi connectivity index (χ4n) is 9.42. The first-order chi connectivity index (χ1) is 29.2. The summed E-state index contributed by atoms with van der Waals surface area (Å²) in [5.74, 6) is -2.17. The van der Waals surface area contributed by atoms with Crippen LogP contribution in [-0.2, 0) is 39.4 Å². The number of ether oxygens (including phenoxy) is 1. The first kappa shape index (κ1) is 41.4. The lowest BCUT2D eigenvalue weighted by molar-refractivity contribution is -0.151. The van der Waals surface area contributed by atoms with Gasteiger partial charge in [-0.3, -0.25) is 19.2 Å². The van der Waals surface area contributed by atoms with Crippen LogP contribution in [0.3, 0.4) is 0 Å². The van der Waals surface area contributed by atoms with Gasteiger partial charge in [0.2, 0.25) is 14.3 Å². The summed E-state index contributed by atoms with van der Waals surface area (Å²) in [5, 5.41) is 16.2. The third-order valence-electron chi connectivity index (χ3n) is 12.4. The molecule has 1 fully saturated rings. The van der Waals surface area contributed by atoms with Crippen LogP contribution in [0.1, 0.15) is 56.3 Å². The number of nitrogens with zero attached hydrogens (tertiary/aromatic N) is 2. The minimum Gasteiger partial charge on any atom is -0.399 e. The Morgan fingerprint density at radius 3 is 2.05 bits per heavy atom. The molecule has 314 valence electrons. The molecule has 7 N–H and O–H groups in total. The minimum atomic E-state index is -3.68. The van der Waals surface area contributed by atoms with Gasteiger partial charge in [-0.1, -0.05) is 43.3 Å². The average Bonchev–Trinajstić information content (AvgIpc) is 3.66. The maximum absolute atomic E-state index is 16.8. The molecule has 5 aromatic carbocycles. The average molecular weight is 841 g/mol. The van der Waals surface area contributed by atoms with Crippen molar-refractivity contribution in [3.8, 4) is 0 Å². The van der Waals surface area contributed by atoms with E-state index in [2.05, 4.69) is 10.6 Å². The molecule has 3 aliphatic rings. The highest BCUT2D eigenvalue weighted by atomic mass is 28.4. The van der Waals surface area contributed by atoms with E-state index in [-0.39, 0.29) is 31.4 Å². The van der Waals surface area contributed by atoms with Crippen LogP contribution in [0.15, 0.2) is 115 Å². The first-order valence-electron chi connectivity index (χ1n) is 20.4. The van der Waals surface area contributed by atoms with Crippen molar-refractivity contribution in [2.45, 2.75) is 69.2 Å². The molecule has 14 heteroatoms. The van der Waals surface area contributed by atoms with Crippen LogP contribution in [0.2, 0.25) is 18.6 Å². The number of nitrogen functional groups attached to an aromatic ring is 2. The molecule has 12 nitrogen and oxygen atoms in total. The summed E-state index contributed by atoms with van der Waals surface area (Å²) >= 11 is 0. The van der Waals surface area contributed by atoms with Crippen molar-refractivity contribution in [1.82, 2.24) is 4.90 Å². The fraction of sp³-hybridized carbons (Fsp3) is 0.277. The maximum atomic E-state index is 16.8. The van der Waals surface area contributed by atoms with E-state index >= 15 is 8.90 Å². The van der Waals surface area contributed by atoms with Gasteiger partial charge in [-0.25, -0.2) is 0 Å². The Balaban J connectivity index is 1.14. The summed E-state index contributed by atoms with van der Waals surface area (Å²) in [6, 6.07) is 32.7. The third kappa shape index (κ3) is 7.89. The summed E-state index contributed by atoms with van der Waals surface area (Å²) in [6.07, 6.45) is -0.682. The number of fused-ring (bicyclic) bond motifs is 3. The van der Waals surface area contributed by atoms with Crippen LogP contribution in [0, 0.1) is 5.92 Å². The molecule has 5 atom stereocenters. The molecule has 1 spiro atoms. The van der Waals surface area contributed by atoms with Gasteiger partial charge in [0.05, 0.1) is 37.4 Å². The molecular weight excluding hydrogens is 792 g/mol. The summed E-state index contributed by atoms with van der Waals surface area (Å²) in [4.78, 5) is 59.4. The monoisotopic (exact) mass is 840 g/mol. The zero-order valence-corrected chi connectivity index (χ0v) is 35.2. The molecule has 0 aliphatic carbocycles. The Kier molecular flexibility index (Phi) is 11.0. The first-order valence-corrected chi connectivity index (χ1v) is 23.3. The lowest BCUT2D eigenvalue weighted by Crippen LogP contribution is -2.48. The van der Waals surface area contributed by atoms with Crippen molar-refractivity contribution in [3.05, 3.63) is 149 Å². The van der Waals surface area contributed by atoms with Gasteiger partial charge in [0.25, 0.3) is 17.7 Å². The van der Waals surface area contributed by atoms with E-state index in [0.29, 0.717) is 63.7 Å². The lowest BCUT2D eigenvalue weighted by Gasteiger charge is -2.37. The Morgan fingerprint density at radius 2 is 1.44 bits per heavy atom. The van der Waals surface area contributed by atoms with E-state index in [4.69, 9.17) is 16.2 Å². The zero-order chi connectivity index (χ0) is 43.2. The van der Waals surface area contributed by atoms with Crippen LogP contribution in [0.4, 0.5) is 32.5 Å². The van der Waals surface area contributed by atoms with Crippen molar-refractivity contribution < 1.29 is 33.1 Å². The maximum Gasteiger partial charge on any atom is 0.264 e. The Bertz CT molecular complexity index is 2510. The van der Waals surface area contributed by atoms with Crippen molar-refractivity contribution in [3.63, 3.8) is 0 Å². The number of anilines is 5. The zero-order valence-electron chi connectivity index (χ0n) is 34.2. The number of carbonyl (C=O) groups is 4. The Hall–Kier alpha value is -6.35. The van der Waals surface area contributed by atoms with E-state index in [1.165, 1.54) is 0 Å². The van der Waals surface area contributed by atoms with Crippen molar-refractivity contribution in [2.24, 2.45) is 5.92 Å². The van der Waals surface area contributed by atoms with Crippen LogP contribution < -0.4 is 27.0 Å². The molecule has 0 unspecified atom stereocenters. The highest BCUT2D eigenvalue weighted by Crippen LogP contribution is 2.60. The number of rotatable bonds is 10.